The third kappa shape index (κ3) is 2.53. The molecule has 2 aliphatic heterocycles. The summed E-state index contributed by atoms with van der Waals surface area (Å²) in [7, 11) is 4.74. The number of amidine groups is 1. The standard InChI is InChI=1S/C17H22N2O5/c1-5-24-17(20)11-6-7-13-18-14-10(9-19(11)13)8-12(21-2)15(22-3)16(14)23-4/h8,11H,5-7,9H2,1-4H3/t11-/m0/s1. The maximum Gasteiger partial charge on any atom is 0.328 e. The number of aliphatic imine (C=N–C) groups is 1. The number of methoxy groups -OCH3 is 3. The van der Waals surface area contributed by atoms with Crippen molar-refractivity contribution in [3.63, 3.8) is 0 Å². The topological polar surface area (TPSA) is 69.6 Å². The molecule has 0 aliphatic carbocycles. The van der Waals surface area contributed by atoms with E-state index in [1.165, 1.54) is 0 Å². The van der Waals surface area contributed by atoms with Crippen LogP contribution in [-0.2, 0) is 16.1 Å². The molecule has 7 heteroatoms. The van der Waals surface area contributed by atoms with Crippen molar-refractivity contribution in [1.29, 1.82) is 0 Å². The lowest BCUT2D eigenvalue weighted by Gasteiger charge is -2.30. The summed E-state index contributed by atoms with van der Waals surface area (Å²) in [5.41, 5.74) is 1.68. The van der Waals surface area contributed by atoms with Gasteiger partial charge in [0.15, 0.2) is 11.5 Å². The van der Waals surface area contributed by atoms with Gasteiger partial charge in [0.2, 0.25) is 5.75 Å². The zero-order valence-electron chi connectivity index (χ0n) is 14.4. The van der Waals surface area contributed by atoms with Crippen molar-refractivity contribution in [2.24, 2.45) is 4.99 Å². The van der Waals surface area contributed by atoms with Gasteiger partial charge in [-0.15, -0.1) is 0 Å². The number of benzene rings is 1. The third-order valence-corrected chi connectivity index (χ3v) is 4.37. The molecule has 130 valence electrons. The summed E-state index contributed by atoms with van der Waals surface area (Å²) in [5.74, 6) is 2.35. The average Bonchev–Trinajstić information content (AvgIpc) is 3.01. The molecule has 0 aromatic heterocycles. The van der Waals surface area contributed by atoms with Gasteiger partial charge in [0, 0.05) is 18.5 Å². The fourth-order valence-corrected chi connectivity index (χ4v) is 3.30. The van der Waals surface area contributed by atoms with Crippen LogP contribution in [0.25, 0.3) is 0 Å². The molecule has 0 bridgehead atoms. The van der Waals surface area contributed by atoms with Gasteiger partial charge in [-0.25, -0.2) is 9.79 Å². The van der Waals surface area contributed by atoms with Crippen molar-refractivity contribution in [3.05, 3.63) is 11.6 Å². The largest absolute Gasteiger partial charge is 0.493 e. The highest BCUT2D eigenvalue weighted by atomic mass is 16.5. The van der Waals surface area contributed by atoms with Crippen molar-refractivity contribution in [2.45, 2.75) is 32.4 Å². The highest BCUT2D eigenvalue weighted by Crippen LogP contribution is 2.49. The minimum atomic E-state index is -0.282. The summed E-state index contributed by atoms with van der Waals surface area (Å²) in [6, 6.07) is 1.60. The van der Waals surface area contributed by atoms with Crippen LogP contribution in [0.15, 0.2) is 11.1 Å². The normalized spacial score (nSPS) is 18.4. The van der Waals surface area contributed by atoms with E-state index in [4.69, 9.17) is 23.9 Å². The Bertz CT molecular complexity index is 686. The quantitative estimate of drug-likeness (QED) is 0.770. The first-order chi connectivity index (χ1) is 11.6. The van der Waals surface area contributed by atoms with Gasteiger partial charge in [-0.2, -0.15) is 0 Å². The van der Waals surface area contributed by atoms with Crippen LogP contribution in [0.5, 0.6) is 17.2 Å². The number of ether oxygens (including phenoxy) is 4. The van der Waals surface area contributed by atoms with E-state index in [2.05, 4.69) is 0 Å². The van der Waals surface area contributed by atoms with Crippen LogP contribution in [0.4, 0.5) is 5.69 Å². The summed E-state index contributed by atoms with van der Waals surface area (Å²) < 4.78 is 21.5. The zero-order valence-corrected chi connectivity index (χ0v) is 14.4. The van der Waals surface area contributed by atoms with Crippen molar-refractivity contribution < 1.29 is 23.7 Å². The zero-order chi connectivity index (χ0) is 17.3. The van der Waals surface area contributed by atoms with Crippen LogP contribution in [0, 0.1) is 0 Å². The summed E-state index contributed by atoms with van der Waals surface area (Å²) in [5, 5.41) is 0. The van der Waals surface area contributed by atoms with Crippen LogP contribution >= 0.6 is 0 Å². The lowest BCUT2D eigenvalue weighted by molar-refractivity contribution is -0.147. The number of hydrogen-bond acceptors (Lipinski definition) is 7. The third-order valence-electron chi connectivity index (χ3n) is 4.37. The highest BCUT2D eigenvalue weighted by Gasteiger charge is 2.39. The molecule has 1 saturated heterocycles. The van der Waals surface area contributed by atoms with E-state index in [1.807, 2.05) is 17.9 Å². The van der Waals surface area contributed by atoms with Gasteiger partial charge in [0.25, 0.3) is 0 Å². The molecule has 2 aliphatic rings. The number of carbonyl (C=O) groups excluding carboxylic acids is 1. The molecule has 0 amide bonds. The fraction of sp³-hybridized carbons (Fsp3) is 0.529. The van der Waals surface area contributed by atoms with E-state index >= 15 is 0 Å². The monoisotopic (exact) mass is 334 g/mol. The molecule has 1 fully saturated rings. The fourth-order valence-electron chi connectivity index (χ4n) is 3.30. The van der Waals surface area contributed by atoms with E-state index in [9.17, 15) is 4.79 Å². The second-order valence-corrected chi connectivity index (χ2v) is 5.62. The number of carbonyl (C=O) groups is 1. The Morgan fingerprint density at radius 3 is 2.62 bits per heavy atom. The first kappa shape index (κ1) is 16.4. The molecular weight excluding hydrogens is 312 g/mol. The van der Waals surface area contributed by atoms with Crippen LogP contribution in [0.2, 0.25) is 0 Å². The minimum Gasteiger partial charge on any atom is -0.493 e. The minimum absolute atomic E-state index is 0.196. The first-order valence-corrected chi connectivity index (χ1v) is 7.97. The second kappa shape index (κ2) is 6.59. The molecule has 0 radical (unpaired) electrons. The van der Waals surface area contributed by atoms with Gasteiger partial charge in [-0.1, -0.05) is 0 Å². The van der Waals surface area contributed by atoms with Gasteiger partial charge in [0.05, 0.1) is 27.9 Å². The summed E-state index contributed by atoms with van der Waals surface area (Å²) in [6.07, 6.45) is 1.45. The highest BCUT2D eigenvalue weighted by molar-refractivity contribution is 5.95. The van der Waals surface area contributed by atoms with E-state index in [0.717, 1.165) is 23.5 Å². The number of fused-ring (bicyclic) bond motifs is 2. The van der Waals surface area contributed by atoms with Gasteiger partial charge in [-0.3, -0.25) is 0 Å². The molecule has 24 heavy (non-hydrogen) atoms. The lowest BCUT2D eigenvalue weighted by atomic mass is 10.1. The Balaban J connectivity index is 2.02. The molecule has 3 rings (SSSR count). The number of nitrogens with zero attached hydrogens (tertiary/aromatic N) is 2. The molecule has 7 nitrogen and oxygen atoms in total. The summed E-state index contributed by atoms with van der Waals surface area (Å²) in [6.45, 7) is 2.76. The van der Waals surface area contributed by atoms with E-state index in [1.54, 1.807) is 21.3 Å². The number of esters is 1. The number of hydrogen-bond donors (Lipinski definition) is 0. The predicted octanol–water partition coefficient (Wildman–Crippen LogP) is 2.28. The molecule has 2 heterocycles. The second-order valence-electron chi connectivity index (χ2n) is 5.62. The molecule has 1 aromatic carbocycles. The van der Waals surface area contributed by atoms with Crippen LogP contribution in [-0.4, -0.2) is 50.7 Å². The van der Waals surface area contributed by atoms with Crippen molar-refractivity contribution >= 4 is 17.5 Å². The predicted molar refractivity (Wildman–Crippen MR) is 88.4 cm³/mol. The number of rotatable bonds is 5. The van der Waals surface area contributed by atoms with Gasteiger partial charge in [0.1, 0.15) is 17.6 Å². The maximum absolute atomic E-state index is 12.2. The Morgan fingerprint density at radius 2 is 2.00 bits per heavy atom. The Labute approximate surface area is 141 Å². The molecule has 0 N–H and O–H groups in total. The summed E-state index contributed by atoms with van der Waals surface area (Å²) >= 11 is 0. The lowest BCUT2D eigenvalue weighted by Crippen LogP contribution is -2.40. The average molecular weight is 334 g/mol. The van der Waals surface area contributed by atoms with Crippen LogP contribution in [0.3, 0.4) is 0 Å². The van der Waals surface area contributed by atoms with Crippen molar-refractivity contribution in [3.8, 4) is 17.2 Å². The first-order valence-electron chi connectivity index (χ1n) is 7.97. The van der Waals surface area contributed by atoms with Gasteiger partial charge in [-0.05, 0) is 19.4 Å². The molecule has 0 saturated carbocycles. The van der Waals surface area contributed by atoms with E-state index in [0.29, 0.717) is 36.8 Å². The van der Waals surface area contributed by atoms with Crippen molar-refractivity contribution in [1.82, 2.24) is 4.90 Å². The van der Waals surface area contributed by atoms with Crippen LogP contribution < -0.4 is 14.2 Å². The molecule has 0 unspecified atom stereocenters. The molecule has 1 atom stereocenters. The maximum atomic E-state index is 12.2. The summed E-state index contributed by atoms with van der Waals surface area (Å²) in [4.78, 5) is 18.9. The molecule has 0 spiro atoms. The van der Waals surface area contributed by atoms with Crippen molar-refractivity contribution in [2.75, 3.05) is 27.9 Å². The van der Waals surface area contributed by atoms with Crippen LogP contribution in [0.1, 0.15) is 25.3 Å². The van der Waals surface area contributed by atoms with E-state index in [-0.39, 0.29) is 12.0 Å². The Morgan fingerprint density at radius 1 is 1.25 bits per heavy atom. The Hall–Kier alpha value is -2.44. The molecule has 1 aromatic rings. The van der Waals surface area contributed by atoms with E-state index < -0.39 is 0 Å². The van der Waals surface area contributed by atoms with Gasteiger partial charge < -0.3 is 23.8 Å². The SMILES string of the molecule is CCOC(=O)[C@@H]1CCC2=Nc3c(cc(OC)c(OC)c3OC)CN21. The van der Waals surface area contributed by atoms with Gasteiger partial charge >= 0.3 is 5.97 Å². The smallest absolute Gasteiger partial charge is 0.328 e. The Kier molecular flexibility index (Phi) is 4.51. The molecular formula is C17H22N2O5.